The molecular formula is C17H12N4S. The van der Waals surface area contributed by atoms with Crippen LogP contribution in [0.1, 0.15) is 11.3 Å². The van der Waals surface area contributed by atoms with Crippen molar-refractivity contribution in [3.8, 4) is 22.7 Å². The van der Waals surface area contributed by atoms with Crippen molar-refractivity contribution in [2.75, 3.05) is 0 Å². The topological polar surface area (TPSA) is 64.9 Å². The van der Waals surface area contributed by atoms with E-state index in [1.165, 1.54) is 5.56 Å². The van der Waals surface area contributed by atoms with Gasteiger partial charge in [-0.1, -0.05) is 29.8 Å². The third-order valence-corrected chi connectivity index (χ3v) is 4.09. The number of thioether (sulfide) groups is 1. The second-order valence-corrected chi connectivity index (χ2v) is 5.72. The number of hydrogen-bond acceptors (Lipinski definition) is 4. The Balaban J connectivity index is 2.29. The summed E-state index contributed by atoms with van der Waals surface area (Å²) >= 11 is 1.10. The van der Waals surface area contributed by atoms with Crippen molar-refractivity contribution >= 4 is 17.3 Å². The predicted octanol–water partition coefficient (Wildman–Crippen LogP) is 3.95. The maximum Gasteiger partial charge on any atom is 0.138 e. The molecule has 0 amide bonds. The predicted molar refractivity (Wildman–Crippen MR) is 86.2 cm³/mol. The first-order valence-corrected chi connectivity index (χ1v) is 7.55. The number of thiocyanates is 1. The third kappa shape index (κ3) is 2.43. The molecule has 0 N–H and O–H groups in total. The van der Waals surface area contributed by atoms with Crippen LogP contribution in [0.4, 0.5) is 0 Å². The van der Waals surface area contributed by atoms with Crippen LogP contribution in [-0.2, 0) is 6.42 Å². The molecule has 0 spiro atoms. The molecular weight excluding hydrogens is 292 g/mol. The molecule has 4 nitrogen and oxygen atoms in total. The van der Waals surface area contributed by atoms with Crippen LogP contribution in [0.3, 0.4) is 0 Å². The first kappa shape index (κ1) is 14.2. The van der Waals surface area contributed by atoms with Crippen LogP contribution in [0, 0.1) is 28.9 Å². The van der Waals surface area contributed by atoms with E-state index in [1.807, 2.05) is 47.9 Å². The monoisotopic (exact) mass is 304 g/mol. The summed E-state index contributed by atoms with van der Waals surface area (Å²) in [6.07, 6.45) is 3.86. The minimum absolute atomic E-state index is 0.296. The summed E-state index contributed by atoms with van der Waals surface area (Å²) in [5.41, 5.74) is 4.75. The van der Waals surface area contributed by atoms with Crippen molar-refractivity contribution in [3.05, 3.63) is 54.0 Å². The number of benzene rings is 1. The number of aromatic nitrogens is 2. The SMILES string of the molecule is Cc1ccc(-c2nccn3c(CC#N)cc(SC#N)c23)cc1. The van der Waals surface area contributed by atoms with Gasteiger partial charge in [0.05, 0.1) is 28.6 Å². The molecule has 2 aromatic heterocycles. The normalized spacial score (nSPS) is 10.3. The molecule has 0 atom stereocenters. The van der Waals surface area contributed by atoms with Crippen molar-refractivity contribution in [2.45, 2.75) is 18.2 Å². The van der Waals surface area contributed by atoms with E-state index in [-0.39, 0.29) is 0 Å². The van der Waals surface area contributed by atoms with Crippen LogP contribution in [0.25, 0.3) is 16.8 Å². The fourth-order valence-corrected chi connectivity index (χ4v) is 3.04. The number of rotatable bonds is 3. The van der Waals surface area contributed by atoms with E-state index < -0.39 is 0 Å². The molecule has 0 aliphatic heterocycles. The number of nitrogens with zero attached hydrogens (tertiary/aromatic N) is 4. The summed E-state index contributed by atoms with van der Waals surface area (Å²) in [6, 6.07) is 12.2. The molecule has 0 aliphatic carbocycles. The number of fused-ring (bicyclic) bond motifs is 1. The van der Waals surface area contributed by atoms with Gasteiger partial charge >= 0.3 is 0 Å². The maximum atomic E-state index is 9.03. The molecule has 106 valence electrons. The van der Waals surface area contributed by atoms with Gasteiger partial charge in [-0.3, -0.25) is 4.98 Å². The van der Waals surface area contributed by atoms with Gasteiger partial charge in [0.1, 0.15) is 5.40 Å². The van der Waals surface area contributed by atoms with E-state index in [2.05, 4.69) is 16.5 Å². The van der Waals surface area contributed by atoms with Crippen molar-refractivity contribution in [1.29, 1.82) is 10.5 Å². The first-order valence-electron chi connectivity index (χ1n) is 6.73. The maximum absolute atomic E-state index is 9.03. The Bertz CT molecular complexity index is 911. The summed E-state index contributed by atoms with van der Waals surface area (Å²) in [5.74, 6) is 0. The largest absolute Gasteiger partial charge is 0.315 e. The highest BCUT2D eigenvalue weighted by molar-refractivity contribution is 8.04. The van der Waals surface area contributed by atoms with E-state index >= 15 is 0 Å². The van der Waals surface area contributed by atoms with E-state index in [0.29, 0.717) is 6.42 Å². The van der Waals surface area contributed by atoms with Crippen LogP contribution in [0.2, 0.25) is 0 Å². The van der Waals surface area contributed by atoms with Gasteiger partial charge in [0.2, 0.25) is 0 Å². The standard InChI is InChI=1S/C17H12N4S/c1-12-2-4-13(5-3-12)16-17-15(22-11-19)10-14(6-7-18)21(17)9-8-20-16/h2-5,8-10H,6H2,1H3. The lowest BCUT2D eigenvalue weighted by molar-refractivity contribution is 1.04. The highest BCUT2D eigenvalue weighted by Crippen LogP contribution is 2.33. The average molecular weight is 304 g/mol. The minimum atomic E-state index is 0.296. The number of nitriles is 2. The van der Waals surface area contributed by atoms with E-state index in [0.717, 1.165) is 39.1 Å². The second kappa shape index (κ2) is 5.93. The van der Waals surface area contributed by atoms with Crippen LogP contribution in [0.5, 0.6) is 0 Å². The summed E-state index contributed by atoms with van der Waals surface area (Å²) in [4.78, 5) is 5.33. The molecule has 22 heavy (non-hydrogen) atoms. The van der Waals surface area contributed by atoms with Gasteiger partial charge in [0, 0.05) is 23.7 Å². The Labute approximate surface area is 132 Å². The van der Waals surface area contributed by atoms with Gasteiger partial charge in [0.15, 0.2) is 0 Å². The van der Waals surface area contributed by atoms with Gasteiger partial charge in [0.25, 0.3) is 0 Å². The molecule has 0 fully saturated rings. The number of aryl methyl sites for hydroxylation is 1. The summed E-state index contributed by atoms with van der Waals surface area (Å²) in [5, 5.41) is 20.1. The van der Waals surface area contributed by atoms with Gasteiger partial charge in [-0.2, -0.15) is 10.5 Å². The van der Waals surface area contributed by atoms with E-state index in [4.69, 9.17) is 10.5 Å². The lowest BCUT2D eigenvalue weighted by Gasteiger charge is -2.07. The summed E-state index contributed by atoms with van der Waals surface area (Å²) in [7, 11) is 0. The Morgan fingerprint density at radius 1 is 1.23 bits per heavy atom. The molecule has 0 saturated heterocycles. The molecule has 5 heteroatoms. The van der Waals surface area contributed by atoms with Crippen molar-refractivity contribution in [2.24, 2.45) is 0 Å². The average Bonchev–Trinajstić information content (AvgIpc) is 2.87. The fraction of sp³-hybridized carbons (Fsp3) is 0.118. The molecule has 1 aromatic carbocycles. The number of hydrogen-bond donors (Lipinski definition) is 0. The molecule has 0 saturated carbocycles. The van der Waals surface area contributed by atoms with Crippen LogP contribution >= 0.6 is 11.8 Å². The van der Waals surface area contributed by atoms with Crippen LogP contribution < -0.4 is 0 Å². The Morgan fingerprint density at radius 3 is 2.68 bits per heavy atom. The van der Waals surface area contributed by atoms with Gasteiger partial charge < -0.3 is 4.40 Å². The van der Waals surface area contributed by atoms with Crippen molar-refractivity contribution in [3.63, 3.8) is 0 Å². The third-order valence-electron chi connectivity index (χ3n) is 3.47. The van der Waals surface area contributed by atoms with Crippen LogP contribution in [0.15, 0.2) is 47.6 Å². The fourth-order valence-electron chi connectivity index (χ4n) is 2.46. The summed E-state index contributed by atoms with van der Waals surface area (Å²) in [6.45, 7) is 2.04. The Kier molecular flexibility index (Phi) is 3.82. The van der Waals surface area contributed by atoms with Crippen LogP contribution in [-0.4, -0.2) is 9.38 Å². The minimum Gasteiger partial charge on any atom is -0.315 e. The molecule has 3 rings (SSSR count). The molecule has 2 heterocycles. The molecule has 3 aromatic rings. The van der Waals surface area contributed by atoms with Gasteiger partial charge in [-0.15, -0.1) is 0 Å². The lowest BCUT2D eigenvalue weighted by Crippen LogP contribution is -1.95. The Morgan fingerprint density at radius 2 is 2.00 bits per heavy atom. The smallest absolute Gasteiger partial charge is 0.138 e. The van der Waals surface area contributed by atoms with Crippen molar-refractivity contribution in [1.82, 2.24) is 9.38 Å². The first-order chi connectivity index (χ1) is 10.7. The zero-order valence-electron chi connectivity index (χ0n) is 11.9. The Hall–Kier alpha value is -2.76. The quantitative estimate of drug-likeness (QED) is 0.543. The lowest BCUT2D eigenvalue weighted by atomic mass is 10.1. The van der Waals surface area contributed by atoms with E-state index in [1.54, 1.807) is 6.20 Å². The van der Waals surface area contributed by atoms with Gasteiger partial charge in [-0.05, 0) is 24.8 Å². The highest BCUT2D eigenvalue weighted by Gasteiger charge is 2.15. The molecule has 0 aliphatic rings. The van der Waals surface area contributed by atoms with Crippen molar-refractivity contribution < 1.29 is 0 Å². The molecule has 0 bridgehead atoms. The highest BCUT2D eigenvalue weighted by atomic mass is 32.2. The zero-order valence-corrected chi connectivity index (χ0v) is 12.8. The second-order valence-electron chi connectivity index (χ2n) is 4.89. The molecule has 0 radical (unpaired) electrons. The summed E-state index contributed by atoms with van der Waals surface area (Å²) < 4.78 is 1.95. The molecule has 0 unspecified atom stereocenters. The van der Waals surface area contributed by atoms with E-state index in [9.17, 15) is 0 Å². The zero-order chi connectivity index (χ0) is 15.5. The van der Waals surface area contributed by atoms with Gasteiger partial charge in [-0.25, -0.2) is 0 Å².